The molecule has 18 heavy (non-hydrogen) atoms. The Morgan fingerprint density at radius 3 is 2.11 bits per heavy atom. The third-order valence-electron chi connectivity index (χ3n) is 3.65. The summed E-state index contributed by atoms with van der Waals surface area (Å²) in [7, 11) is 2.24. The van der Waals surface area contributed by atoms with Gasteiger partial charge in [0.05, 0.1) is 0 Å². The van der Waals surface area contributed by atoms with Crippen molar-refractivity contribution in [3.8, 4) is 0 Å². The number of nitrogens with zero attached hydrogens (tertiary/aromatic N) is 1. The molecule has 0 radical (unpaired) electrons. The minimum Gasteiger partial charge on any atom is -0.396 e. The molecule has 0 aliphatic carbocycles. The monoisotopic (exact) mass is 321 g/mol. The smallest absolute Gasteiger partial charge is 0.0431 e. The summed E-state index contributed by atoms with van der Waals surface area (Å²) in [6, 6.07) is 0. The zero-order chi connectivity index (χ0) is 13.9. The van der Waals surface area contributed by atoms with E-state index in [1.54, 1.807) is 0 Å². The Hall–Kier alpha value is 0.400. The van der Waals surface area contributed by atoms with Crippen molar-refractivity contribution in [2.75, 3.05) is 32.1 Å². The van der Waals surface area contributed by atoms with Crippen LogP contribution in [0.2, 0.25) is 0 Å². The Balaban J connectivity index is 4.12. The summed E-state index contributed by atoms with van der Waals surface area (Å²) in [5, 5.41) is 9.89. The Kier molecular flexibility index (Phi) is 11.5. The molecular formula is C15H32BrNO. The van der Waals surface area contributed by atoms with Gasteiger partial charge in [-0.15, -0.1) is 0 Å². The van der Waals surface area contributed by atoms with Crippen LogP contribution < -0.4 is 0 Å². The highest BCUT2D eigenvalue weighted by Crippen LogP contribution is 2.33. The van der Waals surface area contributed by atoms with Gasteiger partial charge in [0.2, 0.25) is 0 Å². The van der Waals surface area contributed by atoms with E-state index in [0.29, 0.717) is 12.0 Å². The van der Waals surface area contributed by atoms with Gasteiger partial charge in [0.25, 0.3) is 0 Å². The van der Waals surface area contributed by atoms with Crippen LogP contribution in [0.15, 0.2) is 0 Å². The van der Waals surface area contributed by atoms with Gasteiger partial charge in [-0.3, -0.25) is 0 Å². The van der Waals surface area contributed by atoms with Gasteiger partial charge < -0.3 is 10.0 Å². The predicted octanol–water partition coefficient (Wildman–Crippen LogP) is 4.06. The van der Waals surface area contributed by atoms with Gasteiger partial charge in [-0.1, -0.05) is 42.6 Å². The number of rotatable bonds is 12. The fourth-order valence-electron chi connectivity index (χ4n) is 2.84. The second-order valence-electron chi connectivity index (χ2n) is 5.66. The van der Waals surface area contributed by atoms with Crippen LogP contribution in [-0.4, -0.2) is 42.1 Å². The van der Waals surface area contributed by atoms with Crippen molar-refractivity contribution in [1.29, 1.82) is 0 Å². The Labute approximate surface area is 122 Å². The van der Waals surface area contributed by atoms with E-state index in [1.165, 1.54) is 38.6 Å². The van der Waals surface area contributed by atoms with Crippen LogP contribution in [0.1, 0.15) is 58.8 Å². The molecule has 0 aromatic rings. The molecule has 2 nitrogen and oxygen atoms in total. The maximum atomic E-state index is 8.78. The molecule has 0 fully saturated rings. The molecule has 0 unspecified atom stereocenters. The highest BCUT2D eigenvalue weighted by atomic mass is 79.9. The maximum absolute atomic E-state index is 8.78. The van der Waals surface area contributed by atoms with Gasteiger partial charge in [0.1, 0.15) is 0 Å². The lowest BCUT2D eigenvalue weighted by molar-refractivity contribution is 0.167. The van der Waals surface area contributed by atoms with Crippen LogP contribution in [0.5, 0.6) is 0 Å². The molecule has 0 atom stereocenters. The van der Waals surface area contributed by atoms with Crippen molar-refractivity contribution in [2.24, 2.45) is 5.41 Å². The topological polar surface area (TPSA) is 23.5 Å². The normalized spacial score (nSPS) is 12.3. The van der Waals surface area contributed by atoms with Gasteiger partial charge in [-0.05, 0) is 51.1 Å². The van der Waals surface area contributed by atoms with Gasteiger partial charge in [0, 0.05) is 18.5 Å². The SMILES string of the molecule is CCCC(CBr)(CCC)CN(C)CCCCCO. The molecule has 0 aliphatic rings. The van der Waals surface area contributed by atoms with Crippen molar-refractivity contribution in [2.45, 2.75) is 58.8 Å². The zero-order valence-electron chi connectivity index (χ0n) is 12.6. The van der Waals surface area contributed by atoms with E-state index < -0.39 is 0 Å². The minimum atomic E-state index is 0.334. The maximum Gasteiger partial charge on any atom is 0.0431 e. The second-order valence-corrected chi connectivity index (χ2v) is 6.22. The molecule has 0 rings (SSSR count). The molecule has 3 heteroatoms. The number of alkyl halides is 1. The summed E-state index contributed by atoms with van der Waals surface area (Å²) in [5.74, 6) is 0. The lowest BCUT2D eigenvalue weighted by Gasteiger charge is -2.36. The van der Waals surface area contributed by atoms with Crippen molar-refractivity contribution in [3.05, 3.63) is 0 Å². The second kappa shape index (κ2) is 11.2. The quantitative estimate of drug-likeness (QED) is 0.433. The largest absolute Gasteiger partial charge is 0.396 e. The van der Waals surface area contributed by atoms with E-state index >= 15 is 0 Å². The van der Waals surface area contributed by atoms with E-state index in [0.717, 1.165) is 24.7 Å². The summed E-state index contributed by atoms with van der Waals surface area (Å²) in [6.07, 6.45) is 8.45. The highest BCUT2D eigenvalue weighted by Gasteiger charge is 2.28. The summed E-state index contributed by atoms with van der Waals surface area (Å²) >= 11 is 3.74. The van der Waals surface area contributed by atoms with Crippen LogP contribution in [0.25, 0.3) is 0 Å². The van der Waals surface area contributed by atoms with E-state index in [9.17, 15) is 0 Å². The number of halogens is 1. The lowest BCUT2D eigenvalue weighted by atomic mass is 9.81. The Morgan fingerprint density at radius 1 is 1.06 bits per heavy atom. The first-order valence-corrected chi connectivity index (χ1v) is 8.61. The summed E-state index contributed by atoms with van der Waals surface area (Å²) in [5.41, 5.74) is 0.454. The number of aliphatic hydroxyl groups is 1. The molecule has 0 aliphatic heterocycles. The van der Waals surface area contributed by atoms with E-state index in [4.69, 9.17) is 5.11 Å². The number of aliphatic hydroxyl groups excluding tert-OH is 1. The Bertz CT molecular complexity index is 181. The van der Waals surface area contributed by atoms with Gasteiger partial charge in [-0.25, -0.2) is 0 Å². The number of unbranched alkanes of at least 4 members (excludes halogenated alkanes) is 2. The van der Waals surface area contributed by atoms with Crippen LogP contribution in [-0.2, 0) is 0 Å². The van der Waals surface area contributed by atoms with Crippen LogP contribution in [0, 0.1) is 5.41 Å². The molecule has 0 bridgehead atoms. The molecule has 0 saturated heterocycles. The summed E-state index contributed by atoms with van der Waals surface area (Å²) in [6.45, 7) is 7.25. The molecular weight excluding hydrogens is 290 g/mol. The lowest BCUT2D eigenvalue weighted by Crippen LogP contribution is -2.37. The van der Waals surface area contributed by atoms with Crippen LogP contribution >= 0.6 is 15.9 Å². The molecule has 0 heterocycles. The van der Waals surface area contributed by atoms with E-state index in [2.05, 4.69) is 41.7 Å². The standard InChI is InChI=1S/C15H32BrNO/c1-4-9-15(13-16,10-5-2)14-17(3)11-7-6-8-12-18/h18H,4-14H2,1-3H3. The van der Waals surface area contributed by atoms with Gasteiger partial charge >= 0.3 is 0 Å². The molecule has 0 aromatic heterocycles. The summed E-state index contributed by atoms with van der Waals surface area (Å²) in [4.78, 5) is 2.48. The molecule has 0 amide bonds. The van der Waals surface area contributed by atoms with Gasteiger partial charge in [-0.2, -0.15) is 0 Å². The number of hydrogen-bond acceptors (Lipinski definition) is 2. The minimum absolute atomic E-state index is 0.334. The Morgan fingerprint density at radius 2 is 1.67 bits per heavy atom. The first-order valence-electron chi connectivity index (χ1n) is 7.49. The van der Waals surface area contributed by atoms with E-state index in [-0.39, 0.29) is 0 Å². The third-order valence-corrected chi connectivity index (χ3v) is 4.84. The number of hydrogen-bond donors (Lipinski definition) is 1. The van der Waals surface area contributed by atoms with Crippen LogP contribution in [0.3, 0.4) is 0 Å². The first-order chi connectivity index (χ1) is 8.64. The molecule has 0 aromatic carbocycles. The van der Waals surface area contributed by atoms with Crippen molar-refractivity contribution < 1.29 is 5.11 Å². The van der Waals surface area contributed by atoms with Crippen molar-refractivity contribution in [1.82, 2.24) is 4.90 Å². The first kappa shape index (κ1) is 18.4. The molecule has 1 N–H and O–H groups in total. The predicted molar refractivity (Wildman–Crippen MR) is 84.5 cm³/mol. The fourth-order valence-corrected chi connectivity index (χ4v) is 3.58. The third kappa shape index (κ3) is 7.75. The van der Waals surface area contributed by atoms with Gasteiger partial charge in [0.15, 0.2) is 0 Å². The summed E-state index contributed by atoms with van der Waals surface area (Å²) < 4.78 is 0. The average Bonchev–Trinajstić information content (AvgIpc) is 2.35. The average molecular weight is 322 g/mol. The van der Waals surface area contributed by atoms with Crippen molar-refractivity contribution in [3.63, 3.8) is 0 Å². The van der Waals surface area contributed by atoms with Crippen molar-refractivity contribution >= 4 is 15.9 Å². The van der Waals surface area contributed by atoms with Crippen LogP contribution in [0.4, 0.5) is 0 Å². The molecule has 0 spiro atoms. The van der Waals surface area contributed by atoms with E-state index in [1.807, 2.05) is 0 Å². The highest BCUT2D eigenvalue weighted by molar-refractivity contribution is 9.09. The zero-order valence-corrected chi connectivity index (χ0v) is 14.1. The molecule has 0 saturated carbocycles. The fraction of sp³-hybridized carbons (Fsp3) is 1.00. The molecule has 110 valence electrons.